The van der Waals surface area contributed by atoms with Crippen LogP contribution in [0.1, 0.15) is 155 Å². The van der Waals surface area contributed by atoms with Crippen molar-refractivity contribution < 1.29 is 15.0 Å². The molecule has 3 nitrogen and oxygen atoms in total. The molecule has 0 aliphatic carbocycles. The van der Waals surface area contributed by atoms with Crippen LogP contribution < -0.4 is 0 Å². The lowest BCUT2D eigenvalue weighted by Gasteiger charge is -2.07. The summed E-state index contributed by atoms with van der Waals surface area (Å²) in [5.41, 5.74) is 0. The van der Waals surface area contributed by atoms with Crippen LogP contribution in [0.15, 0.2) is 24.3 Å². The SMILES string of the molecule is CCCCCCCCCCCC=CCC=CCC(O)CCCCCCCCCCCC(=O)O. The Morgan fingerprint density at radius 3 is 1.70 bits per heavy atom. The molecule has 0 fully saturated rings. The van der Waals surface area contributed by atoms with Crippen LogP contribution in [0, 0.1) is 0 Å². The van der Waals surface area contributed by atoms with Crippen LogP contribution in [0.5, 0.6) is 0 Å². The molecular formula is C30H56O3. The number of carboxylic acids is 1. The maximum Gasteiger partial charge on any atom is 0.303 e. The van der Waals surface area contributed by atoms with Gasteiger partial charge in [-0.3, -0.25) is 4.79 Å². The number of carboxylic acid groups (broad SMARTS) is 1. The first-order chi connectivity index (χ1) is 16.2. The smallest absolute Gasteiger partial charge is 0.303 e. The minimum absolute atomic E-state index is 0.193. The fourth-order valence-corrected chi connectivity index (χ4v) is 4.23. The Balaban J connectivity index is 3.31. The van der Waals surface area contributed by atoms with Crippen molar-refractivity contribution in [3.63, 3.8) is 0 Å². The number of allylic oxidation sites excluding steroid dienone is 3. The van der Waals surface area contributed by atoms with Crippen molar-refractivity contribution in [1.82, 2.24) is 0 Å². The highest BCUT2D eigenvalue weighted by molar-refractivity contribution is 5.66. The van der Waals surface area contributed by atoms with Gasteiger partial charge in [0.05, 0.1) is 6.10 Å². The van der Waals surface area contributed by atoms with Crippen molar-refractivity contribution in [2.24, 2.45) is 0 Å². The summed E-state index contributed by atoms with van der Waals surface area (Å²) in [5.74, 6) is -0.677. The van der Waals surface area contributed by atoms with E-state index in [9.17, 15) is 9.90 Å². The van der Waals surface area contributed by atoms with Gasteiger partial charge in [0.1, 0.15) is 0 Å². The Bertz CT molecular complexity index is 455. The third-order valence-corrected chi connectivity index (χ3v) is 6.42. The number of hydrogen-bond donors (Lipinski definition) is 2. The summed E-state index contributed by atoms with van der Waals surface area (Å²) in [5, 5.41) is 18.7. The summed E-state index contributed by atoms with van der Waals surface area (Å²) in [6, 6.07) is 0. The molecule has 0 bridgehead atoms. The van der Waals surface area contributed by atoms with E-state index in [1.54, 1.807) is 0 Å². The van der Waals surface area contributed by atoms with E-state index in [1.807, 2.05) is 0 Å². The van der Waals surface area contributed by atoms with E-state index in [0.717, 1.165) is 44.9 Å². The molecule has 0 aromatic rings. The van der Waals surface area contributed by atoms with Gasteiger partial charge in [-0.2, -0.15) is 0 Å². The molecule has 0 aliphatic heterocycles. The largest absolute Gasteiger partial charge is 0.481 e. The average Bonchev–Trinajstić information content (AvgIpc) is 2.79. The monoisotopic (exact) mass is 464 g/mol. The normalized spacial score (nSPS) is 12.8. The second kappa shape index (κ2) is 27.2. The first-order valence-corrected chi connectivity index (χ1v) is 14.4. The van der Waals surface area contributed by atoms with Gasteiger partial charge in [-0.05, 0) is 38.5 Å². The number of hydrogen-bond acceptors (Lipinski definition) is 2. The third-order valence-electron chi connectivity index (χ3n) is 6.42. The van der Waals surface area contributed by atoms with Gasteiger partial charge in [-0.1, -0.05) is 134 Å². The maximum atomic E-state index is 10.4. The highest BCUT2D eigenvalue weighted by atomic mass is 16.4. The van der Waals surface area contributed by atoms with E-state index in [0.29, 0.717) is 6.42 Å². The predicted molar refractivity (Wildman–Crippen MR) is 144 cm³/mol. The Morgan fingerprint density at radius 1 is 0.636 bits per heavy atom. The van der Waals surface area contributed by atoms with E-state index in [-0.39, 0.29) is 6.10 Å². The molecule has 0 saturated heterocycles. The van der Waals surface area contributed by atoms with Crippen molar-refractivity contribution in [3.8, 4) is 0 Å². The molecule has 2 N–H and O–H groups in total. The topological polar surface area (TPSA) is 57.5 Å². The number of rotatable bonds is 26. The van der Waals surface area contributed by atoms with E-state index >= 15 is 0 Å². The standard InChI is InChI=1S/C30H56O3/c1-2-3-4-5-6-7-8-9-10-11-12-14-17-20-23-26-29(31)27-24-21-18-15-13-16-19-22-25-28-30(32)33/h12,14,20,23,29,31H,2-11,13,15-19,21-22,24-28H2,1H3,(H,32,33). The van der Waals surface area contributed by atoms with Crippen molar-refractivity contribution in [1.29, 1.82) is 0 Å². The molecule has 33 heavy (non-hydrogen) atoms. The van der Waals surface area contributed by atoms with Gasteiger partial charge in [0.15, 0.2) is 0 Å². The lowest BCUT2D eigenvalue weighted by atomic mass is 10.0. The highest BCUT2D eigenvalue weighted by Gasteiger charge is 2.01. The van der Waals surface area contributed by atoms with E-state index in [2.05, 4.69) is 31.2 Å². The molecular weight excluding hydrogens is 408 g/mol. The second-order valence-electron chi connectivity index (χ2n) is 9.80. The van der Waals surface area contributed by atoms with Crippen molar-refractivity contribution in [2.45, 2.75) is 161 Å². The van der Waals surface area contributed by atoms with Crippen molar-refractivity contribution in [3.05, 3.63) is 24.3 Å². The zero-order valence-electron chi connectivity index (χ0n) is 22.0. The first kappa shape index (κ1) is 31.9. The molecule has 3 heteroatoms. The van der Waals surface area contributed by atoms with Crippen LogP contribution in [0.3, 0.4) is 0 Å². The quantitative estimate of drug-likeness (QED) is 0.0989. The maximum absolute atomic E-state index is 10.4. The molecule has 0 spiro atoms. The number of aliphatic hydroxyl groups is 1. The van der Waals surface area contributed by atoms with Gasteiger partial charge >= 0.3 is 5.97 Å². The molecule has 0 aromatic carbocycles. The fraction of sp³-hybridized carbons (Fsp3) is 0.833. The van der Waals surface area contributed by atoms with Gasteiger partial charge in [0.2, 0.25) is 0 Å². The molecule has 0 rings (SSSR count). The predicted octanol–water partition coefficient (Wildman–Crippen LogP) is 9.54. The van der Waals surface area contributed by atoms with Crippen molar-refractivity contribution in [2.75, 3.05) is 0 Å². The van der Waals surface area contributed by atoms with Crippen LogP contribution >= 0.6 is 0 Å². The zero-order chi connectivity index (χ0) is 24.2. The second-order valence-corrected chi connectivity index (χ2v) is 9.80. The Morgan fingerprint density at radius 2 is 1.12 bits per heavy atom. The Kier molecular flexibility index (Phi) is 26.3. The number of aliphatic hydroxyl groups excluding tert-OH is 1. The number of carbonyl (C=O) groups is 1. The average molecular weight is 465 g/mol. The van der Waals surface area contributed by atoms with Gasteiger partial charge in [-0.15, -0.1) is 0 Å². The fourth-order valence-electron chi connectivity index (χ4n) is 4.23. The summed E-state index contributed by atoms with van der Waals surface area (Å²) in [4.78, 5) is 10.4. The van der Waals surface area contributed by atoms with Crippen LogP contribution in [0.2, 0.25) is 0 Å². The number of unbranched alkanes of at least 4 members (excludes halogenated alkanes) is 17. The zero-order valence-corrected chi connectivity index (χ0v) is 22.0. The Labute approximate surface area is 206 Å². The van der Waals surface area contributed by atoms with Crippen LogP contribution in [-0.4, -0.2) is 22.3 Å². The lowest BCUT2D eigenvalue weighted by molar-refractivity contribution is -0.137. The number of aliphatic carboxylic acids is 1. The van der Waals surface area contributed by atoms with Gasteiger partial charge in [-0.25, -0.2) is 0 Å². The molecule has 0 heterocycles. The minimum Gasteiger partial charge on any atom is -0.481 e. The van der Waals surface area contributed by atoms with Gasteiger partial charge < -0.3 is 10.2 Å². The van der Waals surface area contributed by atoms with E-state index in [1.165, 1.54) is 96.3 Å². The molecule has 0 aromatic heterocycles. The molecule has 0 radical (unpaired) electrons. The summed E-state index contributed by atoms with van der Waals surface area (Å²) in [7, 11) is 0. The molecule has 194 valence electrons. The van der Waals surface area contributed by atoms with Gasteiger partial charge in [0.25, 0.3) is 0 Å². The van der Waals surface area contributed by atoms with Crippen LogP contribution in [0.4, 0.5) is 0 Å². The molecule has 1 unspecified atom stereocenters. The van der Waals surface area contributed by atoms with E-state index < -0.39 is 5.97 Å². The van der Waals surface area contributed by atoms with Crippen LogP contribution in [0.25, 0.3) is 0 Å². The molecule has 0 aliphatic rings. The molecule has 1 atom stereocenters. The third kappa shape index (κ3) is 28.9. The highest BCUT2D eigenvalue weighted by Crippen LogP contribution is 2.13. The van der Waals surface area contributed by atoms with E-state index in [4.69, 9.17) is 5.11 Å². The van der Waals surface area contributed by atoms with Crippen molar-refractivity contribution >= 4 is 5.97 Å². The summed E-state index contributed by atoms with van der Waals surface area (Å²) < 4.78 is 0. The Hall–Kier alpha value is -1.09. The summed E-state index contributed by atoms with van der Waals surface area (Å²) >= 11 is 0. The molecule has 0 amide bonds. The summed E-state index contributed by atoms with van der Waals surface area (Å²) in [6.45, 7) is 2.28. The minimum atomic E-state index is -0.677. The summed E-state index contributed by atoms with van der Waals surface area (Å²) in [6.07, 6.45) is 35.8. The van der Waals surface area contributed by atoms with Crippen LogP contribution in [-0.2, 0) is 4.79 Å². The first-order valence-electron chi connectivity index (χ1n) is 14.4. The lowest BCUT2D eigenvalue weighted by Crippen LogP contribution is -2.04. The molecule has 0 saturated carbocycles. The van der Waals surface area contributed by atoms with Gasteiger partial charge in [0, 0.05) is 6.42 Å².